The molecule has 0 saturated carbocycles. The van der Waals surface area contributed by atoms with Gasteiger partial charge in [-0.2, -0.15) is 5.10 Å². The van der Waals surface area contributed by atoms with E-state index in [0.29, 0.717) is 27.2 Å². The van der Waals surface area contributed by atoms with Crippen molar-refractivity contribution in [2.75, 3.05) is 6.61 Å². The van der Waals surface area contributed by atoms with Crippen LogP contribution in [0.3, 0.4) is 0 Å². The van der Waals surface area contributed by atoms with E-state index in [2.05, 4.69) is 10.5 Å². The van der Waals surface area contributed by atoms with Crippen molar-refractivity contribution in [3.63, 3.8) is 0 Å². The average molecular weight is 497 g/mol. The highest BCUT2D eigenvalue weighted by molar-refractivity contribution is 14.1. The molecule has 2 aromatic rings. The van der Waals surface area contributed by atoms with Gasteiger partial charge in [-0.15, -0.1) is 0 Å². The highest BCUT2D eigenvalue weighted by Crippen LogP contribution is 2.34. The van der Waals surface area contributed by atoms with E-state index in [1.165, 1.54) is 37.4 Å². The summed E-state index contributed by atoms with van der Waals surface area (Å²) in [6.07, 6.45) is 1.41. The molecule has 0 fully saturated rings. The van der Waals surface area contributed by atoms with Gasteiger partial charge in [0.25, 0.3) is 11.6 Å². The van der Waals surface area contributed by atoms with Crippen LogP contribution in [0, 0.1) is 13.7 Å². The van der Waals surface area contributed by atoms with Crippen LogP contribution >= 0.6 is 22.6 Å². The van der Waals surface area contributed by atoms with Crippen LogP contribution in [0.15, 0.2) is 41.5 Å². The number of carbonyl (C=O) groups excluding carboxylic acids is 2. The lowest BCUT2D eigenvalue weighted by atomic mass is 10.2. The molecular formula is C18H16IN3O6. The summed E-state index contributed by atoms with van der Waals surface area (Å²) >= 11 is 2.01. The zero-order valence-electron chi connectivity index (χ0n) is 15.0. The lowest BCUT2D eigenvalue weighted by molar-refractivity contribution is -0.384. The van der Waals surface area contributed by atoms with Crippen molar-refractivity contribution >= 4 is 46.4 Å². The summed E-state index contributed by atoms with van der Waals surface area (Å²) in [5.41, 5.74) is 3.09. The van der Waals surface area contributed by atoms with Crippen molar-refractivity contribution in [2.24, 2.45) is 5.10 Å². The number of nitro groups is 1. The lowest BCUT2D eigenvalue weighted by Gasteiger charge is -2.12. The van der Waals surface area contributed by atoms with Gasteiger partial charge in [0.05, 0.1) is 21.3 Å². The number of hydrogen-bond acceptors (Lipinski definition) is 7. The van der Waals surface area contributed by atoms with E-state index < -0.39 is 16.8 Å². The average Bonchev–Trinajstić information content (AvgIpc) is 2.64. The molecule has 2 aromatic carbocycles. The molecule has 0 aromatic heterocycles. The van der Waals surface area contributed by atoms with Gasteiger partial charge in [0.2, 0.25) is 0 Å². The predicted molar refractivity (Wildman–Crippen MR) is 110 cm³/mol. The first-order valence-corrected chi connectivity index (χ1v) is 9.12. The summed E-state index contributed by atoms with van der Waals surface area (Å²) < 4.78 is 11.3. The Balaban J connectivity index is 2.13. The Labute approximate surface area is 174 Å². The first-order valence-electron chi connectivity index (χ1n) is 8.04. The number of amides is 1. The number of carbonyl (C=O) groups is 2. The molecule has 0 saturated heterocycles. The summed E-state index contributed by atoms with van der Waals surface area (Å²) in [4.78, 5) is 33.4. The van der Waals surface area contributed by atoms with Crippen LogP contribution in [0.25, 0.3) is 0 Å². The Morgan fingerprint density at radius 3 is 2.54 bits per heavy atom. The first kappa shape index (κ1) is 21.3. The number of nitro benzene ring substituents is 1. The van der Waals surface area contributed by atoms with Crippen molar-refractivity contribution in [3.8, 4) is 11.5 Å². The van der Waals surface area contributed by atoms with Crippen LogP contribution in [-0.2, 0) is 4.79 Å². The Bertz CT molecular complexity index is 928. The second-order valence-electron chi connectivity index (χ2n) is 5.36. The number of benzene rings is 2. The Hall–Kier alpha value is -3.02. The third-order valence-corrected chi connectivity index (χ3v) is 4.10. The van der Waals surface area contributed by atoms with Crippen molar-refractivity contribution < 1.29 is 24.0 Å². The number of halogens is 1. The fourth-order valence-corrected chi connectivity index (χ4v) is 2.87. The van der Waals surface area contributed by atoms with Gasteiger partial charge in [-0.25, -0.2) is 5.43 Å². The van der Waals surface area contributed by atoms with Crippen molar-refractivity contribution in [1.29, 1.82) is 0 Å². The molecule has 1 amide bonds. The van der Waals surface area contributed by atoms with Crippen molar-refractivity contribution in [2.45, 2.75) is 13.8 Å². The van der Waals surface area contributed by atoms with Gasteiger partial charge >= 0.3 is 5.97 Å². The molecule has 0 atom stereocenters. The van der Waals surface area contributed by atoms with Crippen LogP contribution in [0.4, 0.5) is 5.69 Å². The van der Waals surface area contributed by atoms with Gasteiger partial charge < -0.3 is 9.47 Å². The largest absolute Gasteiger partial charge is 0.490 e. The Morgan fingerprint density at radius 1 is 1.29 bits per heavy atom. The highest BCUT2D eigenvalue weighted by Gasteiger charge is 2.14. The molecule has 9 nitrogen and oxygen atoms in total. The van der Waals surface area contributed by atoms with Crippen LogP contribution in [-0.4, -0.2) is 29.6 Å². The Morgan fingerprint density at radius 2 is 1.96 bits per heavy atom. The lowest BCUT2D eigenvalue weighted by Crippen LogP contribution is -2.17. The normalized spacial score (nSPS) is 10.5. The first-order chi connectivity index (χ1) is 13.3. The summed E-state index contributed by atoms with van der Waals surface area (Å²) in [6.45, 7) is 3.48. The highest BCUT2D eigenvalue weighted by atomic mass is 127. The second-order valence-corrected chi connectivity index (χ2v) is 6.52. The third kappa shape index (κ3) is 5.74. The second kappa shape index (κ2) is 9.78. The SMILES string of the molecule is CCOc1cc(/C=N\NC(=O)c2ccc([N+](=O)[O-])cc2)cc(I)c1OC(C)=O. The van der Waals surface area contributed by atoms with E-state index in [4.69, 9.17) is 9.47 Å². The van der Waals surface area contributed by atoms with E-state index in [1.807, 2.05) is 22.6 Å². The van der Waals surface area contributed by atoms with Gasteiger partial charge in [-0.3, -0.25) is 19.7 Å². The fraction of sp³-hybridized carbons (Fsp3) is 0.167. The number of esters is 1. The van der Waals surface area contributed by atoms with Crippen molar-refractivity contribution in [1.82, 2.24) is 5.43 Å². The minimum atomic E-state index is -0.545. The number of rotatable bonds is 7. The molecule has 0 aliphatic heterocycles. The van der Waals surface area contributed by atoms with Gasteiger partial charge in [-0.1, -0.05) is 0 Å². The molecule has 0 bridgehead atoms. The maximum atomic E-state index is 12.0. The van der Waals surface area contributed by atoms with Crippen LogP contribution in [0.5, 0.6) is 11.5 Å². The number of non-ortho nitro benzene ring substituents is 1. The molecular weight excluding hydrogens is 481 g/mol. The predicted octanol–water partition coefficient (Wildman–Crippen LogP) is 3.29. The van der Waals surface area contributed by atoms with E-state index in [1.54, 1.807) is 19.1 Å². The molecule has 2 rings (SSSR count). The van der Waals surface area contributed by atoms with Gasteiger partial charge in [-0.05, 0) is 59.3 Å². The zero-order valence-corrected chi connectivity index (χ0v) is 17.1. The zero-order chi connectivity index (χ0) is 20.7. The van der Waals surface area contributed by atoms with E-state index >= 15 is 0 Å². The van der Waals surface area contributed by atoms with Gasteiger partial charge in [0.15, 0.2) is 11.5 Å². The molecule has 1 N–H and O–H groups in total. The van der Waals surface area contributed by atoms with Crippen LogP contribution < -0.4 is 14.9 Å². The molecule has 0 spiro atoms. The quantitative estimate of drug-likeness (QED) is 0.157. The number of ether oxygens (including phenoxy) is 2. The Kier molecular flexibility index (Phi) is 7.44. The minimum absolute atomic E-state index is 0.106. The molecule has 0 aliphatic rings. The maximum Gasteiger partial charge on any atom is 0.308 e. The summed E-state index contributed by atoms with van der Waals surface area (Å²) in [5.74, 6) is -0.271. The number of nitrogens with one attached hydrogen (secondary N) is 1. The number of hydrogen-bond donors (Lipinski definition) is 1. The van der Waals surface area contributed by atoms with Crippen LogP contribution in [0.1, 0.15) is 29.8 Å². The van der Waals surface area contributed by atoms with E-state index in [-0.39, 0.29) is 11.3 Å². The summed E-state index contributed by atoms with van der Waals surface area (Å²) in [5, 5.41) is 14.5. The van der Waals surface area contributed by atoms with E-state index in [0.717, 1.165) is 0 Å². The smallest absolute Gasteiger partial charge is 0.308 e. The molecule has 146 valence electrons. The monoisotopic (exact) mass is 497 g/mol. The standard InChI is InChI=1S/C18H16IN3O6/c1-3-27-16-9-12(8-15(19)17(16)28-11(2)23)10-20-21-18(24)13-4-6-14(7-5-13)22(25)26/h4-10H,3H2,1-2H3,(H,21,24)/b20-10-. The molecule has 0 aliphatic carbocycles. The molecule has 28 heavy (non-hydrogen) atoms. The minimum Gasteiger partial charge on any atom is -0.490 e. The molecule has 0 unspecified atom stereocenters. The number of hydrazone groups is 1. The summed E-state index contributed by atoms with van der Waals surface area (Å²) in [6, 6.07) is 8.50. The third-order valence-electron chi connectivity index (χ3n) is 3.30. The molecule has 10 heteroatoms. The van der Waals surface area contributed by atoms with Gasteiger partial charge in [0, 0.05) is 24.6 Å². The van der Waals surface area contributed by atoms with Crippen LogP contribution in [0.2, 0.25) is 0 Å². The summed E-state index contributed by atoms with van der Waals surface area (Å²) in [7, 11) is 0. The van der Waals surface area contributed by atoms with Crippen molar-refractivity contribution in [3.05, 3.63) is 61.2 Å². The number of nitrogens with zero attached hydrogens (tertiary/aromatic N) is 2. The maximum absolute atomic E-state index is 12.0. The molecule has 0 heterocycles. The molecule has 0 radical (unpaired) electrons. The fourth-order valence-electron chi connectivity index (χ4n) is 2.13. The van der Waals surface area contributed by atoms with Gasteiger partial charge in [0.1, 0.15) is 0 Å². The topological polar surface area (TPSA) is 120 Å². The van der Waals surface area contributed by atoms with E-state index in [9.17, 15) is 19.7 Å².